The predicted octanol–water partition coefficient (Wildman–Crippen LogP) is 1.55. The Bertz CT molecular complexity index is 253. The molecule has 1 aromatic carbocycles. The summed E-state index contributed by atoms with van der Waals surface area (Å²) in [7, 11) is 1.98. The Labute approximate surface area is 84.7 Å². The van der Waals surface area contributed by atoms with Gasteiger partial charge in [0.2, 0.25) is 0 Å². The average molecular weight is 200 g/mol. The molecule has 0 spiro atoms. The lowest BCUT2D eigenvalue weighted by Crippen LogP contribution is -2.56. The van der Waals surface area contributed by atoms with E-state index in [0.717, 1.165) is 13.2 Å². The summed E-state index contributed by atoms with van der Waals surface area (Å²) in [4.78, 5) is 0. The van der Waals surface area contributed by atoms with Gasteiger partial charge in [-0.05, 0) is 12.6 Å². The fourth-order valence-electron chi connectivity index (χ4n) is 1.52. The van der Waals surface area contributed by atoms with Crippen molar-refractivity contribution in [2.45, 2.75) is 5.54 Å². The molecular formula is C10H14ClNO. The molecule has 2 nitrogen and oxygen atoms in total. The van der Waals surface area contributed by atoms with Crippen LogP contribution < -0.4 is 5.32 Å². The first-order valence-corrected chi connectivity index (χ1v) is 4.20. The fourth-order valence-corrected chi connectivity index (χ4v) is 1.52. The molecule has 1 heterocycles. The van der Waals surface area contributed by atoms with Crippen LogP contribution >= 0.6 is 12.4 Å². The zero-order chi connectivity index (χ0) is 8.44. The smallest absolute Gasteiger partial charge is 0.0906 e. The molecular weight excluding hydrogens is 186 g/mol. The summed E-state index contributed by atoms with van der Waals surface area (Å²) < 4.78 is 5.22. The Hall–Kier alpha value is -0.570. The Balaban J connectivity index is 0.000000845. The van der Waals surface area contributed by atoms with Crippen molar-refractivity contribution in [3.63, 3.8) is 0 Å². The maximum Gasteiger partial charge on any atom is 0.0906 e. The van der Waals surface area contributed by atoms with Crippen LogP contribution in [0.5, 0.6) is 0 Å². The number of benzene rings is 1. The van der Waals surface area contributed by atoms with Crippen LogP contribution in [0, 0.1) is 0 Å². The molecule has 2 rings (SSSR count). The van der Waals surface area contributed by atoms with Gasteiger partial charge in [0, 0.05) is 0 Å². The monoisotopic (exact) mass is 199 g/mol. The van der Waals surface area contributed by atoms with Crippen LogP contribution in [0.15, 0.2) is 30.3 Å². The first-order chi connectivity index (χ1) is 5.87. The minimum atomic E-state index is 0. The molecule has 0 aliphatic carbocycles. The van der Waals surface area contributed by atoms with Crippen LogP contribution in [0.4, 0.5) is 0 Å². The molecule has 0 amide bonds. The predicted molar refractivity (Wildman–Crippen MR) is 55.2 cm³/mol. The molecule has 0 atom stereocenters. The largest absolute Gasteiger partial charge is 0.377 e. The molecule has 1 aromatic rings. The fraction of sp³-hybridized carbons (Fsp3) is 0.400. The number of hydrogen-bond donors (Lipinski definition) is 1. The van der Waals surface area contributed by atoms with Crippen molar-refractivity contribution in [2.24, 2.45) is 0 Å². The third-order valence-corrected chi connectivity index (χ3v) is 2.50. The van der Waals surface area contributed by atoms with Gasteiger partial charge in [-0.3, -0.25) is 0 Å². The SMILES string of the molecule is CNC1(c2ccccc2)COC1.Cl. The molecule has 1 N–H and O–H groups in total. The Kier molecular flexibility index (Phi) is 3.31. The molecule has 72 valence electrons. The van der Waals surface area contributed by atoms with Gasteiger partial charge in [0.25, 0.3) is 0 Å². The van der Waals surface area contributed by atoms with Crippen molar-refractivity contribution in [1.29, 1.82) is 0 Å². The van der Waals surface area contributed by atoms with Gasteiger partial charge in [0.15, 0.2) is 0 Å². The molecule has 13 heavy (non-hydrogen) atoms. The van der Waals surface area contributed by atoms with Crippen LogP contribution in [-0.4, -0.2) is 20.3 Å². The number of halogens is 1. The normalized spacial score (nSPS) is 18.5. The van der Waals surface area contributed by atoms with E-state index in [1.54, 1.807) is 0 Å². The maximum absolute atomic E-state index is 5.22. The highest BCUT2D eigenvalue weighted by Gasteiger charge is 2.38. The van der Waals surface area contributed by atoms with E-state index in [2.05, 4.69) is 29.6 Å². The second-order valence-corrected chi connectivity index (χ2v) is 3.19. The number of likely N-dealkylation sites (N-methyl/N-ethyl adjacent to an activating group) is 1. The first kappa shape index (κ1) is 10.5. The molecule has 0 bridgehead atoms. The highest BCUT2D eigenvalue weighted by Crippen LogP contribution is 2.28. The van der Waals surface area contributed by atoms with E-state index in [-0.39, 0.29) is 17.9 Å². The minimum Gasteiger partial charge on any atom is -0.377 e. The molecule has 0 saturated carbocycles. The lowest BCUT2D eigenvalue weighted by Gasteiger charge is -2.41. The Morgan fingerprint density at radius 1 is 1.23 bits per heavy atom. The summed E-state index contributed by atoms with van der Waals surface area (Å²) >= 11 is 0. The number of rotatable bonds is 2. The van der Waals surface area contributed by atoms with Gasteiger partial charge in [-0.25, -0.2) is 0 Å². The summed E-state index contributed by atoms with van der Waals surface area (Å²) in [5, 5.41) is 3.31. The minimum absolute atomic E-state index is 0. The van der Waals surface area contributed by atoms with E-state index in [9.17, 15) is 0 Å². The summed E-state index contributed by atoms with van der Waals surface area (Å²) in [6, 6.07) is 10.4. The third-order valence-electron chi connectivity index (χ3n) is 2.50. The molecule has 1 aliphatic rings. The van der Waals surface area contributed by atoms with Gasteiger partial charge >= 0.3 is 0 Å². The molecule has 3 heteroatoms. The van der Waals surface area contributed by atoms with Gasteiger partial charge < -0.3 is 10.1 Å². The van der Waals surface area contributed by atoms with Crippen LogP contribution in [0.2, 0.25) is 0 Å². The number of hydrogen-bond acceptors (Lipinski definition) is 2. The zero-order valence-electron chi connectivity index (χ0n) is 7.62. The van der Waals surface area contributed by atoms with Gasteiger partial charge in [-0.15, -0.1) is 12.4 Å². The van der Waals surface area contributed by atoms with Crippen LogP contribution in [0.25, 0.3) is 0 Å². The molecule has 1 fully saturated rings. The van der Waals surface area contributed by atoms with Crippen LogP contribution in [0.1, 0.15) is 5.56 Å². The van der Waals surface area contributed by atoms with Crippen molar-refractivity contribution in [1.82, 2.24) is 5.32 Å². The van der Waals surface area contributed by atoms with Crippen molar-refractivity contribution in [3.05, 3.63) is 35.9 Å². The molecule has 1 saturated heterocycles. The maximum atomic E-state index is 5.22. The molecule has 1 aliphatic heterocycles. The summed E-state index contributed by atoms with van der Waals surface area (Å²) in [5.41, 5.74) is 1.40. The van der Waals surface area contributed by atoms with Gasteiger partial charge in [0.1, 0.15) is 0 Å². The van der Waals surface area contributed by atoms with Gasteiger partial charge in [0.05, 0.1) is 18.8 Å². The van der Waals surface area contributed by atoms with Crippen molar-refractivity contribution >= 4 is 12.4 Å². The zero-order valence-corrected chi connectivity index (χ0v) is 8.43. The Morgan fingerprint density at radius 2 is 1.85 bits per heavy atom. The van der Waals surface area contributed by atoms with E-state index in [1.165, 1.54) is 5.56 Å². The second kappa shape index (κ2) is 4.09. The Morgan fingerprint density at radius 3 is 2.23 bits per heavy atom. The quantitative estimate of drug-likeness (QED) is 0.781. The summed E-state index contributed by atoms with van der Waals surface area (Å²) in [6.07, 6.45) is 0. The van der Waals surface area contributed by atoms with E-state index < -0.39 is 0 Å². The molecule has 0 unspecified atom stereocenters. The first-order valence-electron chi connectivity index (χ1n) is 4.20. The summed E-state index contributed by atoms with van der Waals surface area (Å²) in [5.74, 6) is 0. The lowest BCUT2D eigenvalue weighted by atomic mass is 9.88. The number of nitrogens with one attached hydrogen (secondary N) is 1. The van der Waals surface area contributed by atoms with Crippen molar-refractivity contribution in [3.8, 4) is 0 Å². The third kappa shape index (κ3) is 1.70. The van der Waals surface area contributed by atoms with Gasteiger partial charge in [-0.2, -0.15) is 0 Å². The highest BCUT2D eigenvalue weighted by molar-refractivity contribution is 5.85. The van der Waals surface area contributed by atoms with E-state index >= 15 is 0 Å². The van der Waals surface area contributed by atoms with Crippen molar-refractivity contribution < 1.29 is 4.74 Å². The van der Waals surface area contributed by atoms with E-state index in [0.29, 0.717) is 0 Å². The molecule has 0 aromatic heterocycles. The van der Waals surface area contributed by atoms with Crippen molar-refractivity contribution in [2.75, 3.05) is 20.3 Å². The number of ether oxygens (including phenoxy) is 1. The summed E-state index contributed by atoms with van der Waals surface area (Å²) in [6.45, 7) is 1.57. The average Bonchev–Trinajstić information content (AvgIpc) is 2.05. The second-order valence-electron chi connectivity index (χ2n) is 3.19. The lowest BCUT2D eigenvalue weighted by molar-refractivity contribution is -0.0747. The van der Waals surface area contributed by atoms with Crippen LogP contribution in [0.3, 0.4) is 0 Å². The highest BCUT2D eigenvalue weighted by atomic mass is 35.5. The van der Waals surface area contributed by atoms with Gasteiger partial charge in [-0.1, -0.05) is 30.3 Å². The van der Waals surface area contributed by atoms with E-state index in [4.69, 9.17) is 4.74 Å². The van der Waals surface area contributed by atoms with E-state index in [1.807, 2.05) is 13.1 Å². The topological polar surface area (TPSA) is 21.3 Å². The molecule has 0 radical (unpaired) electrons. The van der Waals surface area contributed by atoms with Crippen LogP contribution in [-0.2, 0) is 10.3 Å². The standard InChI is InChI=1S/C10H13NO.ClH/c1-11-10(7-12-8-10)9-5-3-2-4-6-9;/h2-6,11H,7-8H2,1H3;1H.